The number of benzene rings is 1. The van der Waals surface area contributed by atoms with Crippen molar-refractivity contribution in [1.82, 2.24) is 4.98 Å². The lowest BCUT2D eigenvalue weighted by molar-refractivity contribution is 0.343. The molecule has 3 heteroatoms. The van der Waals surface area contributed by atoms with Crippen LogP contribution in [-0.2, 0) is 12.8 Å². The van der Waals surface area contributed by atoms with E-state index in [1.54, 1.807) is 0 Å². The number of hydrogen-bond acceptors (Lipinski definition) is 2. The molecule has 0 atom stereocenters. The molecular weight excluding hydrogens is 226 g/mol. The Morgan fingerprint density at radius 1 is 1.28 bits per heavy atom. The van der Waals surface area contributed by atoms with E-state index in [4.69, 9.17) is 4.74 Å². The largest absolute Gasteiger partial charge is 0.492 e. The molecule has 0 fully saturated rings. The van der Waals surface area contributed by atoms with E-state index in [1.165, 1.54) is 0 Å². The van der Waals surface area contributed by atoms with Gasteiger partial charge in [-0.3, -0.25) is 4.79 Å². The third-order valence-corrected chi connectivity index (χ3v) is 3.59. The second-order valence-electron chi connectivity index (χ2n) is 4.73. The van der Waals surface area contributed by atoms with Gasteiger partial charge >= 0.3 is 0 Å². The van der Waals surface area contributed by atoms with E-state index < -0.39 is 0 Å². The zero-order chi connectivity index (χ0) is 12.5. The molecule has 1 heterocycles. The van der Waals surface area contributed by atoms with E-state index in [0.29, 0.717) is 6.61 Å². The first kappa shape index (κ1) is 11.3. The number of fused-ring (bicyclic) bond motifs is 2. The van der Waals surface area contributed by atoms with E-state index >= 15 is 0 Å². The van der Waals surface area contributed by atoms with Gasteiger partial charge in [-0.1, -0.05) is 6.07 Å². The lowest BCUT2D eigenvalue weighted by Crippen LogP contribution is -2.18. The molecule has 0 amide bonds. The number of H-pyrrole nitrogens is 1. The summed E-state index contributed by atoms with van der Waals surface area (Å²) in [7, 11) is 0. The topological polar surface area (TPSA) is 42.1 Å². The first-order valence-corrected chi connectivity index (χ1v) is 6.61. The number of aryl methyl sites for hydroxylation is 1. The Hall–Kier alpha value is -1.77. The quantitative estimate of drug-likeness (QED) is 0.881. The van der Waals surface area contributed by atoms with Crippen molar-refractivity contribution in [1.29, 1.82) is 0 Å². The molecule has 0 saturated heterocycles. The molecule has 94 valence electrons. The molecule has 1 aromatic heterocycles. The highest BCUT2D eigenvalue weighted by molar-refractivity contribution is 5.85. The molecule has 1 aliphatic rings. The van der Waals surface area contributed by atoms with E-state index in [9.17, 15) is 4.79 Å². The van der Waals surface area contributed by atoms with Gasteiger partial charge in [0.25, 0.3) is 0 Å². The molecule has 0 bridgehead atoms. The first-order chi connectivity index (χ1) is 8.81. The van der Waals surface area contributed by atoms with Gasteiger partial charge in [0.15, 0.2) is 5.43 Å². The number of para-hydroxylation sites is 1. The number of aromatic amines is 1. The molecule has 0 spiro atoms. The average molecular weight is 243 g/mol. The third-order valence-electron chi connectivity index (χ3n) is 3.59. The molecule has 0 saturated carbocycles. The van der Waals surface area contributed by atoms with Gasteiger partial charge in [0.05, 0.1) is 12.1 Å². The average Bonchev–Trinajstić information content (AvgIpc) is 2.40. The molecule has 1 N–H and O–H groups in total. The maximum absolute atomic E-state index is 12.5. The van der Waals surface area contributed by atoms with Crippen LogP contribution in [0.5, 0.6) is 5.75 Å². The van der Waals surface area contributed by atoms with Crippen LogP contribution in [0.2, 0.25) is 0 Å². The highest BCUT2D eigenvalue weighted by Crippen LogP contribution is 2.25. The number of rotatable bonds is 2. The minimum Gasteiger partial charge on any atom is -0.492 e. The summed E-state index contributed by atoms with van der Waals surface area (Å²) in [6.45, 7) is 2.56. The van der Waals surface area contributed by atoms with Gasteiger partial charge in [-0.05, 0) is 44.7 Å². The second kappa shape index (κ2) is 4.48. The number of nitrogens with one attached hydrogen (secondary N) is 1. The summed E-state index contributed by atoms with van der Waals surface area (Å²) in [6.07, 6.45) is 4.15. The fraction of sp³-hybridized carbons (Fsp3) is 0.400. The molecule has 2 aromatic rings. The molecule has 0 radical (unpaired) electrons. The van der Waals surface area contributed by atoms with Crippen molar-refractivity contribution in [3.05, 3.63) is 39.7 Å². The Balaban J connectivity index is 2.31. The number of hydrogen-bond donors (Lipinski definition) is 1. The minimum atomic E-state index is 0.181. The lowest BCUT2D eigenvalue weighted by Gasteiger charge is -2.17. The van der Waals surface area contributed by atoms with Gasteiger partial charge < -0.3 is 9.72 Å². The van der Waals surface area contributed by atoms with Crippen molar-refractivity contribution in [3.8, 4) is 5.75 Å². The maximum Gasteiger partial charge on any atom is 0.192 e. The van der Waals surface area contributed by atoms with Crippen LogP contribution in [-0.4, -0.2) is 11.6 Å². The highest BCUT2D eigenvalue weighted by atomic mass is 16.5. The zero-order valence-corrected chi connectivity index (χ0v) is 10.6. The Morgan fingerprint density at radius 3 is 2.94 bits per heavy atom. The summed E-state index contributed by atoms with van der Waals surface area (Å²) in [5.41, 5.74) is 3.11. The van der Waals surface area contributed by atoms with Gasteiger partial charge in [0, 0.05) is 16.6 Å². The van der Waals surface area contributed by atoms with E-state index in [1.807, 2.05) is 25.1 Å². The summed E-state index contributed by atoms with van der Waals surface area (Å²) < 4.78 is 5.60. The predicted molar refractivity (Wildman–Crippen MR) is 72.4 cm³/mol. The zero-order valence-electron chi connectivity index (χ0n) is 10.6. The van der Waals surface area contributed by atoms with Crippen LogP contribution in [0, 0.1) is 0 Å². The number of aromatic nitrogens is 1. The van der Waals surface area contributed by atoms with Crippen molar-refractivity contribution >= 4 is 10.9 Å². The van der Waals surface area contributed by atoms with Crippen LogP contribution >= 0.6 is 0 Å². The van der Waals surface area contributed by atoms with Gasteiger partial charge in [-0.15, -0.1) is 0 Å². The minimum absolute atomic E-state index is 0.181. The Bertz CT molecular complexity index is 643. The fourth-order valence-electron chi connectivity index (χ4n) is 2.73. The molecule has 3 nitrogen and oxygen atoms in total. The summed E-state index contributed by atoms with van der Waals surface area (Å²) >= 11 is 0. The molecule has 1 aromatic carbocycles. The van der Waals surface area contributed by atoms with Crippen LogP contribution in [0.3, 0.4) is 0 Å². The predicted octanol–water partition coefficient (Wildman–Crippen LogP) is 2.81. The summed E-state index contributed by atoms with van der Waals surface area (Å²) in [5.74, 6) is 0.778. The second-order valence-corrected chi connectivity index (χ2v) is 4.73. The van der Waals surface area contributed by atoms with Crippen molar-refractivity contribution in [2.24, 2.45) is 0 Å². The number of pyridine rings is 1. The van der Waals surface area contributed by atoms with Crippen LogP contribution in [0.15, 0.2) is 23.0 Å². The summed E-state index contributed by atoms with van der Waals surface area (Å²) in [6, 6.07) is 5.68. The monoisotopic (exact) mass is 243 g/mol. The van der Waals surface area contributed by atoms with Crippen molar-refractivity contribution in [2.45, 2.75) is 32.6 Å². The van der Waals surface area contributed by atoms with E-state index in [0.717, 1.165) is 53.6 Å². The van der Waals surface area contributed by atoms with Crippen molar-refractivity contribution < 1.29 is 4.74 Å². The highest BCUT2D eigenvalue weighted by Gasteiger charge is 2.16. The Morgan fingerprint density at radius 2 is 2.11 bits per heavy atom. The van der Waals surface area contributed by atoms with Gasteiger partial charge in [-0.25, -0.2) is 0 Å². The van der Waals surface area contributed by atoms with E-state index in [-0.39, 0.29) is 5.43 Å². The molecule has 1 aliphatic carbocycles. The van der Waals surface area contributed by atoms with Gasteiger partial charge in [-0.2, -0.15) is 0 Å². The van der Waals surface area contributed by atoms with Crippen LogP contribution in [0.4, 0.5) is 0 Å². The normalized spacial score (nSPS) is 14.5. The smallest absolute Gasteiger partial charge is 0.192 e. The van der Waals surface area contributed by atoms with Crippen molar-refractivity contribution in [3.63, 3.8) is 0 Å². The fourth-order valence-corrected chi connectivity index (χ4v) is 2.73. The standard InChI is InChI=1S/C15H17NO2/c1-2-18-13-9-5-7-11-14(13)16-12-8-4-3-6-10(12)15(11)17/h5,7,9H,2-4,6,8H2,1H3,(H,16,17). The Labute approximate surface area is 106 Å². The maximum atomic E-state index is 12.5. The Kier molecular flexibility index (Phi) is 2.82. The van der Waals surface area contributed by atoms with Crippen LogP contribution in [0.1, 0.15) is 31.0 Å². The van der Waals surface area contributed by atoms with Gasteiger partial charge in [0.2, 0.25) is 0 Å². The third kappa shape index (κ3) is 1.70. The molecule has 3 rings (SSSR count). The molecular formula is C15H17NO2. The van der Waals surface area contributed by atoms with E-state index in [2.05, 4.69) is 4.98 Å². The molecule has 0 aliphatic heterocycles. The van der Waals surface area contributed by atoms with Crippen molar-refractivity contribution in [2.75, 3.05) is 6.61 Å². The lowest BCUT2D eigenvalue weighted by atomic mass is 9.94. The summed E-state index contributed by atoms with van der Waals surface area (Å²) in [4.78, 5) is 15.9. The van der Waals surface area contributed by atoms with Gasteiger partial charge in [0.1, 0.15) is 5.75 Å². The molecule has 0 unspecified atom stereocenters. The summed E-state index contributed by atoms with van der Waals surface area (Å²) in [5, 5.41) is 0.751. The number of ether oxygens (including phenoxy) is 1. The van der Waals surface area contributed by atoms with Crippen LogP contribution < -0.4 is 10.2 Å². The first-order valence-electron chi connectivity index (χ1n) is 6.61. The molecule has 18 heavy (non-hydrogen) atoms. The van der Waals surface area contributed by atoms with Crippen LogP contribution in [0.25, 0.3) is 10.9 Å². The SMILES string of the molecule is CCOc1cccc2c(=O)c3c([nH]c12)CCCC3.